The van der Waals surface area contributed by atoms with Gasteiger partial charge in [0.25, 0.3) is 0 Å². The van der Waals surface area contributed by atoms with Gasteiger partial charge in [0.15, 0.2) is 5.82 Å². The molecule has 1 N–H and O–H groups in total. The van der Waals surface area contributed by atoms with E-state index < -0.39 is 0 Å². The van der Waals surface area contributed by atoms with Gasteiger partial charge in [-0.05, 0) is 16.5 Å². The van der Waals surface area contributed by atoms with Gasteiger partial charge in [0, 0.05) is 12.3 Å². The first-order chi connectivity index (χ1) is 6.40. The summed E-state index contributed by atoms with van der Waals surface area (Å²) in [6, 6.07) is 3.51. The van der Waals surface area contributed by atoms with E-state index in [0.29, 0.717) is 11.5 Å². The smallest absolute Gasteiger partial charge is 0.198 e. The fraction of sp³-hybridized carbons (Fsp3) is 0.143. The topological polar surface area (TPSA) is 76.6 Å². The van der Waals surface area contributed by atoms with E-state index in [1.807, 2.05) is 0 Å². The van der Waals surface area contributed by atoms with Crippen molar-refractivity contribution in [3.8, 4) is 17.3 Å². The molecule has 2 aromatic heterocycles. The Hall–Kier alpha value is -1.98. The van der Waals surface area contributed by atoms with Crippen molar-refractivity contribution in [3.63, 3.8) is 0 Å². The predicted molar refractivity (Wildman–Crippen MR) is 44.0 cm³/mol. The lowest BCUT2D eigenvalue weighted by atomic mass is 10.3. The van der Waals surface area contributed by atoms with Gasteiger partial charge >= 0.3 is 0 Å². The first-order valence-electron chi connectivity index (χ1n) is 3.64. The number of hydrogen-bond donors (Lipinski definition) is 1. The Labute approximate surface area is 74.0 Å². The Bertz CT molecular complexity index is 386. The van der Waals surface area contributed by atoms with Crippen molar-refractivity contribution in [1.82, 2.24) is 25.6 Å². The lowest BCUT2D eigenvalue weighted by Crippen LogP contribution is -1.88. The van der Waals surface area contributed by atoms with Crippen LogP contribution in [0.4, 0.5) is 0 Å². The number of methoxy groups -OCH3 is 1. The van der Waals surface area contributed by atoms with Crippen LogP contribution in [0.3, 0.4) is 0 Å². The van der Waals surface area contributed by atoms with Crippen LogP contribution in [0, 0.1) is 0 Å². The number of hydrogen-bond acceptors (Lipinski definition) is 5. The van der Waals surface area contributed by atoms with Crippen LogP contribution in [0.15, 0.2) is 18.3 Å². The van der Waals surface area contributed by atoms with E-state index in [1.54, 1.807) is 25.4 Å². The van der Waals surface area contributed by atoms with E-state index in [2.05, 4.69) is 25.6 Å². The average Bonchev–Trinajstić information content (AvgIpc) is 2.71. The van der Waals surface area contributed by atoms with Crippen LogP contribution in [-0.4, -0.2) is 32.7 Å². The molecule has 0 radical (unpaired) electrons. The second-order valence-electron chi connectivity index (χ2n) is 2.33. The minimum atomic E-state index is 0.527. The highest BCUT2D eigenvalue weighted by atomic mass is 16.5. The summed E-state index contributed by atoms with van der Waals surface area (Å²) in [6.45, 7) is 0. The van der Waals surface area contributed by atoms with E-state index in [-0.39, 0.29) is 0 Å². The van der Waals surface area contributed by atoms with Gasteiger partial charge in [-0.2, -0.15) is 0 Å². The molecule has 13 heavy (non-hydrogen) atoms. The van der Waals surface area contributed by atoms with Gasteiger partial charge in [0.2, 0.25) is 0 Å². The quantitative estimate of drug-likeness (QED) is 0.712. The SMILES string of the molecule is COc1ccnc(-c2nnn[nH]2)c1. The van der Waals surface area contributed by atoms with E-state index in [9.17, 15) is 0 Å². The summed E-state index contributed by atoms with van der Waals surface area (Å²) in [5.41, 5.74) is 0.657. The fourth-order valence-corrected chi connectivity index (χ4v) is 0.935. The number of aromatic amines is 1. The summed E-state index contributed by atoms with van der Waals surface area (Å²) in [5.74, 6) is 1.25. The highest BCUT2D eigenvalue weighted by Crippen LogP contribution is 2.16. The third-order valence-electron chi connectivity index (χ3n) is 1.56. The predicted octanol–water partition coefficient (Wildman–Crippen LogP) is 0.270. The number of H-pyrrole nitrogens is 1. The maximum absolute atomic E-state index is 5.03. The number of pyridine rings is 1. The summed E-state index contributed by atoms with van der Waals surface area (Å²) < 4.78 is 5.03. The second kappa shape index (κ2) is 3.18. The van der Waals surface area contributed by atoms with Crippen molar-refractivity contribution in [1.29, 1.82) is 0 Å². The normalized spacial score (nSPS) is 9.92. The van der Waals surface area contributed by atoms with Gasteiger partial charge in [-0.25, -0.2) is 5.10 Å². The van der Waals surface area contributed by atoms with Crippen LogP contribution in [-0.2, 0) is 0 Å². The molecule has 2 heterocycles. The van der Waals surface area contributed by atoms with Crippen LogP contribution in [0.2, 0.25) is 0 Å². The third-order valence-corrected chi connectivity index (χ3v) is 1.56. The highest BCUT2D eigenvalue weighted by molar-refractivity contribution is 5.50. The molecule has 6 nitrogen and oxygen atoms in total. The van der Waals surface area contributed by atoms with Gasteiger partial charge in [0.05, 0.1) is 7.11 Å². The maximum Gasteiger partial charge on any atom is 0.198 e. The largest absolute Gasteiger partial charge is 0.497 e. The molecule has 6 heteroatoms. The molecule has 0 saturated carbocycles. The molecule has 0 saturated heterocycles. The molecule has 0 bridgehead atoms. The van der Waals surface area contributed by atoms with Gasteiger partial charge < -0.3 is 4.74 Å². The van der Waals surface area contributed by atoms with Gasteiger partial charge in [-0.1, -0.05) is 0 Å². The molecule has 2 rings (SSSR count). The van der Waals surface area contributed by atoms with E-state index in [0.717, 1.165) is 5.75 Å². The molecule has 0 atom stereocenters. The Morgan fingerprint density at radius 2 is 2.38 bits per heavy atom. The molecule has 0 aliphatic rings. The molecular formula is C7H7N5O. The lowest BCUT2D eigenvalue weighted by Gasteiger charge is -1.99. The molecule has 0 aromatic carbocycles. The monoisotopic (exact) mass is 177 g/mol. The molecule has 0 aliphatic carbocycles. The zero-order chi connectivity index (χ0) is 9.10. The molecule has 2 aromatic rings. The van der Waals surface area contributed by atoms with Gasteiger partial charge in [-0.3, -0.25) is 4.98 Å². The van der Waals surface area contributed by atoms with Crippen LogP contribution in [0.5, 0.6) is 5.75 Å². The number of nitrogens with zero attached hydrogens (tertiary/aromatic N) is 4. The zero-order valence-electron chi connectivity index (χ0n) is 6.93. The highest BCUT2D eigenvalue weighted by Gasteiger charge is 2.03. The summed E-state index contributed by atoms with van der Waals surface area (Å²) in [6.07, 6.45) is 1.64. The first kappa shape index (κ1) is 7.66. The van der Waals surface area contributed by atoms with Crippen LogP contribution >= 0.6 is 0 Å². The van der Waals surface area contributed by atoms with Crippen molar-refractivity contribution < 1.29 is 4.74 Å². The van der Waals surface area contributed by atoms with Crippen molar-refractivity contribution >= 4 is 0 Å². The van der Waals surface area contributed by atoms with E-state index in [1.165, 1.54) is 0 Å². The van der Waals surface area contributed by atoms with Crippen LogP contribution in [0.25, 0.3) is 11.5 Å². The Morgan fingerprint density at radius 1 is 1.46 bits per heavy atom. The molecule has 0 unspecified atom stereocenters. The first-order valence-corrected chi connectivity index (χ1v) is 3.64. The van der Waals surface area contributed by atoms with Crippen molar-refractivity contribution in [3.05, 3.63) is 18.3 Å². The molecular weight excluding hydrogens is 170 g/mol. The number of nitrogens with one attached hydrogen (secondary N) is 1. The summed E-state index contributed by atoms with van der Waals surface area (Å²) in [7, 11) is 1.59. The summed E-state index contributed by atoms with van der Waals surface area (Å²) in [4.78, 5) is 4.08. The minimum Gasteiger partial charge on any atom is -0.497 e. The fourth-order valence-electron chi connectivity index (χ4n) is 0.935. The van der Waals surface area contributed by atoms with E-state index in [4.69, 9.17) is 4.74 Å². The zero-order valence-corrected chi connectivity index (χ0v) is 6.93. The Morgan fingerprint density at radius 3 is 3.08 bits per heavy atom. The summed E-state index contributed by atoms with van der Waals surface area (Å²) in [5, 5.41) is 13.2. The molecule has 0 fully saturated rings. The Kier molecular flexibility index (Phi) is 1.87. The van der Waals surface area contributed by atoms with Crippen LogP contribution in [0.1, 0.15) is 0 Å². The molecule has 66 valence electrons. The number of tetrazole rings is 1. The Balaban J connectivity index is 2.41. The van der Waals surface area contributed by atoms with Gasteiger partial charge in [0.1, 0.15) is 11.4 Å². The van der Waals surface area contributed by atoms with Crippen LogP contribution < -0.4 is 4.74 Å². The third kappa shape index (κ3) is 1.46. The minimum absolute atomic E-state index is 0.527. The van der Waals surface area contributed by atoms with E-state index >= 15 is 0 Å². The van der Waals surface area contributed by atoms with Crippen molar-refractivity contribution in [2.45, 2.75) is 0 Å². The van der Waals surface area contributed by atoms with Crippen molar-refractivity contribution in [2.75, 3.05) is 7.11 Å². The lowest BCUT2D eigenvalue weighted by molar-refractivity contribution is 0.414. The molecule has 0 spiro atoms. The maximum atomic E-state index is 5.03. The molecule has 0 amide bonds. The number of ether oxygens (including phenoxy) is 1. The standard InChI is InChI=1S/C7H7N5O/c1-13-5-2-3-8-6(4-5)7-9-11-12-10-7/h2-4H,1H3,(H,9,10,11,12). The average molecular weight is 177 g/mol. The van der Waals surface area contributed by atoms with Crippen molar-refractivity contribution in [2.24, 2.45) is 0 Å². The number of rotatable bonds is 2. The molecule has 0 aliphatic heterocycles. The van der Waals surface area contributed by atoms with Gasteiger partial charge in [-0.15, -0.1) is 5.10 Å². The number of aromatic nitrogens is 5. The summed E-state index contributed by atoms with van der Waals surface area (Å²) >= 11 is 0. The second-order valence-corrected chi connectivity index (χ2v) is 2.33.